The lowest BCUT2D eigenvalue weighted by Crippen LogP contribution is -2.54. The predicted octanol–water partition coefficient (Wildman–Crippen LogP) is 2.83. The number of likely N-dealkylation sites (N-methyl/N-ethyl adjacent to an activating group) is 1. The van der Waals surface area contributed by atoms with Crippen molar-refractivity contribution in [2.24, 2.45) is 0 Å². The lowest BCUT2D eigenvalue weighted by Gasteiger charge is -2.43. The third-order valence-electron chi connectivity index (χ3n) is 5.22. The molecule has 126 valence electrons. The highest BCUT2D eigenvalue weighted by Gasteiger charge is 2.33. The van der Waals surface area contributed by atoms with Gasteiger partial charge in [-0.1, -0.05) is 6.42 Å². The van der Waals surface area contributed by atoms with Crippen LogP contribution in [0.5, 0.6) is 5.75 Å². The lowest BCUT2D eigenvalue weighted by molar-refractivity contribution is 0.0130. The first-order valence-corrected chi connectivity index (χ1v) is 8.84. The van der Waals surface area contributed by atoms with Gasteiger partial charge in [0.15, 0.2) is 5.78 Å². The van der Waals surface area contributed by atoms with Crippen molar-refractivity contribution < 1.29 is 9.53 Å². The third kappa shape index (κ3) is 4.12. The number of ketones is 1. The van der Waals surface area contributed by atoms with E-state index in [1.165, 1.54) is 19.3 Å². The van der Waals surface area contributed by atoms with Crippen molar-refractivity contribution in [3.8, 4) is 5.75 Å². The van der Waals surface area contributed by atoms with Gasteiger partial charge < -0.3 is 9.64 Å². The van der Waals surface area contributed by atoms with Crippen molar-refractivity contribution in [3.05, 3.63) is 29.8 Å². The van der Waals surface area contributed by atoms with Crippen molar-refractivity contribution in [2.75, 3.05) is 33.2 Å². The molecule has 1 aromatic carbocycles. The molecule has 1 aliphatic heterocycles. The maximum absolute atomic E-state index is 11.4. The van der Waals surface area contributed by atoms with Crippen molar-refractivity contribution in [1.29, 1.82) is 0 Å². The van der Waals surface area contributed by atoms with Crippen LogP contribution in [0.2, 0.25) is 0 Å². The van der Waals surface area contributed by atoms with E-state index in [2.05, 4.69) is 16.8 Å². The summed E-state index contributed by atoms with van der Waals surface area (Å²) >= 11 is 0. The molecule has 1 saturated heterocycles. The van der Waals surface area contributed by atoms with Gasteiger partial charge in [0.2, 0.25) is 0 Å². The van der Waals surface area contributed by atoms with Crippen LogP contribution in [0.15, 0.2) is 24.3 Å². The summed E-state index contributed by atoms with van der Waals surface area (Å²) < 4.78 is 6.32. The fourth-order valence-corrected chi connectivity index (χ4v) is 3.73. The Morgan fingerprint density at radius 1 is 1.04 bits per heavy atom. The molecular formula is C19H28N2O2. The molecular weight excluding hydrogens is 288 g/mol. The highest BCUT2D eigenvalue weighted by atomic mass is 16.5. The molecule has 2 fully saturated rings. The van der Waals surface area contributed by atoms with Gasteiger partial charge in [-0.2, -0.15) is 0 Å². The van der Waals surface area contributed by atoms with Crippen LogP contribution in [-0.4, -0.2) is 61.0 Å². The average molecular weight is 316 g/mol. The highest BCUT2D eigenvalue weighted by molar-refractivity contribution is 5.94. The Morgan fingerprint density at radius 3 is 2.35 bits per heavy atom. The zero-order valence-corrected chi connectivity index (χ0v) is 14.3. The van der Waals surface area contributed by atoms with E-state index in [9.17, 15) is 4.79 Å². The number of piperazine rings is 1. The molecule has 4 heteroatoms. The summed E-state index contributed by atoms with van der Waals surface area (Å²) in [6, 6.07) is 8.14. The summed E-state index contributed by atoms with van der Waals surface area (Å²) in [6.45, 7) is 6.18. The first-order valence-electron chi connectivity index (χ1n) is 8.84. The molecule has 0 N–H and O–H groups in total. The van der Waals surface area contributed by atoms with Crippen molar-refractivity contribution >= 4 is 5.78 Å². The molecule has 2 atom stereocenters. The summed E-state index contributed by atoms with van der Waals surface area (Å²) in [7, 11) is 2.20. The van der Waals surface area contributed by atoms with E-state index in [0.717, 1.165) is 43.9 Å². The van der Waals surface area contributed by atoms with E-state index in [1.807, 2.05) is 24.3 Å². The molecule has 3 rings (SSSR count). The minimum absolute atomic E-state index is 0.101. The minimum Gasteiger partial charge on any atom is -0.489 e. The molecule has 1 saturated carbocycles. The number of hydrogen-bond donors (Lipinski definition) is 0. The number of hydrogen-bond acceptors (Lipinski definition) is 4. The van der Waals surface area contributed by atoms with Gasteiger partial charge in [-0.15, -0.1) is 0 Å². The van der Waals surface area contributed by atoms with Gasteiger partial charge >= 0.3 is 0 Å². The van der Waals surface area contributed by atoms with Gasteiger partial charge in [-0.05, 0) is 57.5 Å². The number of ether oxygens (including phenoxy) is 1. The van der Waals surface area contributed by atoms with E-state index >= 15 is 0 Å². The Balaban J connectivity index is 1.65. The van der Waals surface area contributed by atoms with E-state index in [0.29, 0.717) is 6.04 Å². The summed E-state index contributed by atoms with van der Waals surface area (Å²) in [6.07, 6.45) is 5.20. The molecule has 0 aromatic heterocycles. The third-order valence-corrected chi connectivity index (χ3v) is 5.22. The Labute approximate surface area is 139 Å². The number of Topliss-reactive ketones (excluding diaryl/α,β-unsaturated/α-hetero) is 1. The van der Waals surface area contributed by atoms with Crippen LogP contribution in [0.25, 0.3) is 0 Å². The first-order chi connectivity index (χ1) is 11.1. The monoisotopic (exact) mass is 316 g/mol. The molecule has 4 nitrogen and oxygen atoms in total. The van der Waals surface area contributed by atoms with Gasteiger partial charge in [0, 0.05) is 37.8 Å². The second-order valence-corrected chi connectivity index (χ2v) is 6.93. The zero-order valence-electron chi connectivity index (χ0n) is 14.3. The van der Waals surface area contributed by atoms with Crippen LogP contribution in [0, 0.1) is 0 Å². The normalized spacial score (nSPS) is 26.9. The zero-order chi connectivity index (χ0) is 16.2. The smallest absolute Gasteiger partial charge is 0.159 e. The molecule has 1 heterocycles. The molecule has 0 radical (unpaired) electrons. The molecule has 0 bridgehead atoms. The Morgan fingerprint density at radius 2 is 1.70 bits per heavy atom. The van der Waals surface area contributed by atoms with Crippen LogP contribution in [0.4, 0.5) is 0 Å². The Kier molecular flexibility index (Phi) is 5.34. The Hall–Kier alpha value is -1.39. The second-order valence-electron chi connectivity index (χ2n) is 6.93. The average Bonchev–Trinajstić information content (AvgIpc) is 2.57. The van der Waals surface area contributed by atoms with E-state index in [1.54, 1.807) is 6.92 Å². The molecule has 0 amide bonds. The van der Waals surface area contributed by atoms with Crippen molar-refractivity contribution in [3.63, 3.8) is 0 Å². The molecule has 0 spiro atoms. The van der Waals surface area contributed by atoms with Gasteiger partial charge in [-0.25, -0.2) is 0 Å². The number of carbonyl (C=O) groups is 1. The number of benzene rings is 1. The molecule has 2 unspecified atom stereocenters. The van der Waals surface area contributed by atoms with Gasteiger partial charge in [0.25, 0.3) is 0 Å². The molecule has 1 aliphatic carbocycles. The standard InChI is InChI=1S/C19H28N2O2/c1-15(22)16-7-9-17(10-8-16)23-19-6-4-3-5-18(19)21-13-11-20(2)12-14-21/h7-10,18-19H,3-6,11-14H2,1-2H3. The Bertz CT molecular complexity index is 521. The van der Waals surface area contributed by atoms with Crippen molar-refractivity contribution in [1.82, 2.24) is 9.80 Å². The SMILES string of the molecule is CC(=O)c1ccc(OC2CCCCC2N2CCN(C)CC2)cc1. The summed E-state index contributed by atoms with van der Waals surface area (Å²) in [5.74, 6) is 0.991. The minimum atomic E-state index is 0.101. The van der Waals surface area contributed by atoms with Crippen molar-refractivity contribution in [2.45, 2.75) is 44.8 Å². The van der Waals surface area contributed by atoms with Crippen LogP contribution in [0.3, 0.4) is 0 Å². The lowest BCUT2D eigenvalue weighted by atomic mass is 9.90. The molecule has 2 aliphatic rings. The number of nitrogens with zero attached hydrogens (tertiary/aromatic N) is 2. The van der Waals surface area contributed by atoms with Gasteiger partial charge in [0.05, 0.1) is 0 Å². The summed E-state index contributed by atoms with van der Waals surface area (Å²) in [4.78, 5) is 16.4. The molecule has 1 aromatic rings. The number of carbonyl (C=O) groups excluding carboxylic acids is 1. The van der Waals surface area contributed by atoms with Crippen LogP contribution in [-0.2, 0) is 0 Å². The summed E-state index contributed by atoms with van der Waals surface area (Å²) in [5.41, 5.74) is 0.747. The second kappa shape index (κ2) is 7.45. The molecule has 23 heavy (non-hydrogen) atoms. The van der Waals surface area contributed by atoms with Crippen LogP contribution >= 0.6 is 0 Å². The van der Waals surface area contributed by atoms with Gasteiger partial charge in [-0.3, -0.25) is 9.69 Å². The summed E-state index contributed by atoms with van der Waals surface area (Å²) in [5, 5.41) is 0. The first kappa shape index (κ1) is 16.5. The van der Waals surface area contributed by atoms with E-state index < -0.39 is 0 Å². The highest BCUT2D eigenvalue weighted by Crippen LogP contribution is 2.28. The maximum Gasteiger partial charge on any atom is 0.159 e. The fourth-order valence-electron chi connectivity index (χ4n) is 3.73. The van der Waals surface area contributed by atoms with Gasteiger partial charge in [0.1, 0.15) is 11.9 Å². The fraction of sp³-hybridized carbons (Fsp3) is 0.632. The predicted molar refractivity (Wildman–Crippen MR) is 92.2 cm³/mol. The number of rotatable bonds is 4. The largest absolute Gasteiger partial charge is 0.489 e. The van der Waals surface area contributed by atoms with Crippen LogP contribution < -0.4 is 4.74 Å². The van der Waals surface area contributed by atoms with E-state index in [4.69, 9.17) is 4.74 Å². The maximum atomic E-state index is 11.4. The van der Waals surface area contributed by atoms with E-state index in [-0.39, 0.29) is 11.9 Å². The topological polar surface area (TPSA) is 32.8 Å². The quantitative estimate of drug-likeness (QED) is 0.800. The van der Waals surface area contributed by atoms with Crippen LogP contribution in [0.1, 0.15) is 43.0 Å².